The molecule has 0 bridgehead atoms. The zero-order valence-electron chi connectivity index (χ0n) is 11.1. The first kappa shape index (κ1) is 13.0. The monoisotopic (exact) mass is 245 g/mol. The van der Waals surface area contributed by atoms with Gasteiger partial charge in [0, 0.05) is 17.8 Å². The number of nitrogens with zero attached hydrogens (tertiary/aromatic N) is 1. The second-order valence-electron chi connectivity index (χ2n) is 5.38. The van der Waals surface area contributed by atoms with Crippen molar-refractivity contribution in [2.75, 3.05) is 6.61 Å². The normalized spacial score (nSPS) is 13.8. The largest absolute Gasteiger partial charge is 0.386 e. The average molecular weight is 245 g/mol. The number of benzene rings is 1. The molecule has 0 amide bonds. The molecule has 2 rings (SSSR count). The van der Waals surface area contributed by atoms with Crippen LogP contribution in [-0.2, 0) is 4.74 Å². The standard InChI is InChI=1S/C15H19NO2/c1-15(2,3)18-10-14(17)12-6-4-5-11-7-8-16-9-13(11)12/h4-9,14,17H,10H2,1-3H3. The lowest BCUT2D eigenvalue weighted by molar-refractivity contribution is -0.0492. The van der Waals surface area contributed by atoms with Crippen molar-refractivity contribution in [3.63, 3.8) is 0 Å². The van der Waals surface area contributed by atoms with Crippen LogP contribution in [0.4, 0.5) is 0 Å². The highest BCUT2D eigenvalue weighted by Gasteiger charge is 2.16. The predicted molar refractivity (Wildman–Crippen MR) is 72.4 cm³/mol. The third-order valence-electron chi connectivity index (χ3n) is 2.75. The van der Waals surface area contributed by atoms with Crippen molar-refractivity contribution >= 4 is 10.8 Å². The molecule has 1 aromatic heterocycles. The molecule has 96 valence electrons. The average Bonchev–Trinajstić information content (AvgIpc) is 2.34. The van der Waals surface area contributed by atoms with Gasteiger partial charge in [0.1, 0.15) is 6.10 Å². The molecule has 0 fully saturated rings. The summed E-state index contributed by atoms with van der Waals surface area (Å²) in [5.41, 5.74) is 0.619. The van der Waals surface area contributed by atoms with Crippen molar-refractivity contribution < 1.29 is 9.84 Å². The Bertz CT molecular complexity index is 526. The van der Waals surface area contributed by atoms with E-state index < -0.39 is 6.10 Å². The van der Waals surface area contributed by atoms with Gasteiger partial charge in [-0.05, 0) is 37.8 Å². The Labute approximate surface area is 107 Å². The molecule has 0 aliphatic rings. The minimum atomic E-state index is -0.628. The molecule has 0 saturated carbocycles. The fourth-order valence-electron chi connectivity index (χ4n) is 1.85. The molecule has 3 nitrogen and oxygen atoms in total. The molecule has 1 unspecified atom stereocenters. The number of aliphatic hydroxyl groups excluding tert-OH is 1. The smallest absolute Gasteiger partial charge is 0.103 e. The number of hydrogen-bond donors (Lipinski definition) is 1. The van der Waals surface area contributed by atoms with E-state index in [1.807, 2.05) is 45.0 Å². The SMILES string of the molecule is CC(C)(C)OCC(O)c1cccc2ccncc12. The Kier molecular flexibility index (Phi) is 3.64. The lowest BCUT2D eigenvalue weighted by atomic mass is 10.0. The third kappa shape index (κ3) is 3.06. The molecule has 0 saturated heterocycles. The fourth-order valence-corrected chi connectivity index (χ4v) is 1.85. The van der Waals surface area contributed by atoms with E-state index in [1.165, 1.54) is 0 Å². The summed E-state index contributed by atoms with van der Waals surface area (Å²) in [7, 11) is 0. The molecule has 1 N–H and O–H groups in total. The van der Waals surface area contributed by atoms with Gasteiger partial charge in [0.25, 0.3) is 0 Å². The maximum absolute atomic E-state index is 10.2. The summed E-state index contributed by atoms with van der Waals surface area (Å²) in [6.45, 7) is 6.22. The second-order valence-corrected chi connectivity index (χ2v) is 5.38. The maximum Gasteiger partial charge on any atom is 0.103 e. The van der Waals surface area contributed by atoms with Crippen LogP contribution in [0.1, 0.15) is 32.4 Å². The van der Waals surface area contributed by atoms with Gasteiger partial charge in [0.05, 0.1) is 12.2 Å². The molecule has 18 heavy (non-hydrogen) atoms. The Morgan fingerprint density at radius 2 is 2.06 bits per heavy atom. The highest BCUT2D eigenvalue weighted by molar-refractivity contribution is 5.85. The first-order chi connectivity index (χ1) is 8.47. The van der Waals surface area contributed by atoms with Gasteiger partial charge < -0.3 is 9.84 Å². The van der Waals surface area contributed by atoms with Crippen LogP contribution < -0.4 is 0 Å². The van der Waals surface area contributed by atoms with Gasteiger partial charge in [-0.1, -0.05) is 18.2 Å². The molecule has 0 spiro atoms. The Balaban J connectivity index is 2.25. The van der Waals surface area contributed by atoms with E-state index in [-0.39, 0.29) is 12.2 Å². The summed E-state index contributed by atoms with van der Waals surface area (Å²) in [6, 6.07) is 7.81. The van der Waals surface area contributed by atoms with Crippen LogP contribution in [0.3, 0.4) is 0 Å². The van der Waals surface area contributed by atoms with E-state index in [0.717, 1.165) is 16.3 Å². The van der Waals surface area contributed by atoms with E-state index in [2.05, 4.69) is 4.98 Å². The van der Waals surface area contributed by atoms with Crippen LogP contribution in [0.15, 0.2) is 36.7 Å². The molecule has 1 atom stereocenters. The van der Waals surface area contributed by atoms with Crippen LogP contribution >= 0.6 is 0 Å². The molecule has 0 aliphatic carbocycles. The van der Waals surface area contributed by atoms with Gasteiger partial charge in [-0.25, -0.2) is 0 Å². The number of ether oxygens (including phenoxy) is 1. The number of hydrogen-bond acceptors (Lipinski definition) is 3. The zero-order valence-corrected chi connectivity index (χ0v) is 11.1. The summed E-state index contributed by atoms with van der Waals surface area (Å²) in [4.78, 5) is 4.11. The first-order valence-corrected chi connectivity index (χ1v) is 6.12. The summed E-state index contributed by atoms with van der Waals surface area (Å²) in [6.07, 6.45) is 2.91. The maximum atomic E-state index is 10.2. The zero-order chi connectivity index (χ0) is 13.2. The van der Waals surface area contributed by atoms with Crippen molar-refractivity contribution in [1.82, 2.24) is 4.98 Å². The van der Waals surface area contributed by atoms with E-state index in [0.29, 0.717) is 0 Å². The number of aromatic nitrogens is 1. The minimum Gasteiger partial charge on any atom is -0.386 e. The highest BCUT2D eigenvalue weighted by atomic mass is 16.5. The van der Waals surface area contributed by atoms with Gasteiger partial charge >= 0.3 is 0 Å². The number of rotatable bonds is 3. The summed E-state index contributed by atoms with van der Waals surface area (Å²) in [5, 5.41) is 12.3. The van der Waals surface area contributed by atoms with Gasteiger partial charge in [-0.2, -0.15) is 0 Å². The highest BCUT2D eigenvalue weighted by Crippen LogP contribution is 2.24. The predicted octanol–water partition coefficient (Wildman–Crippen LogP) is 3.08. The fraction of sp³-hybridized carbons (Fsp3) is 0.400. The lowest BCUT2D eigenvalue weighted by Crippen LogP contribution is -2.22. The van der Waals surface area contributed by atoms with Gasteiger partial charge in [-0.15, -0.1) is 0 Å². The number of aliphatic hydroxyl groups is 1. The van der Waals surface area contributed by atoms with Gasteiger partial charge in [-0.3, -0.25) is 4.98 Å². The van der Waals surface area contributed by atoms with Gasteiger partial charge in [0.15, 0.2) is 0 Å². The minimum absolute atomic E-state index is 0.246. The van der Waals surface area contributed by atoms with Gasteiger partial charge in [0.2, 0.25) is 0 Å². The van der Waals surface area contributed by atoms with E-state index in [1.54, 1.807) is 12.4 Å². The van der Waals surface area contributed by atoms with Crippen LogP contribution in [-0.4, -0.2) is 22.3 Å². The summed E-state index contributed by atoms with van der Waals surface area (Å²) >= 11 is 0. The number of fused-ring (bicyclic) bond motifs is 1. The lowest BCUT2D eigenvalue weighted by Gasteiger charge is -2.22. The second kappa shape index (κ2) is 5.04. The van der Waals surface area contributed by atoms with Crippen LogP contribution in [0, 0.1) is 0 Å². The molecule has 3 heteroatoms. The molecule has 1 aromatic carbocycles. The van der Waals surface area contributed by atoms with Crippen molar-refractivity contribution in [3.8, 4) is 0 Å². The van der Waals surface area contributed by atoms with Crippen LogP contribution in [0.2, 0.25) is 0 Å². The topological polar surface area (TPSA) is 42.4 Å². The van der Waals surface area contributed by atoms with E-state index in [9.17, 15) is 5.11 Å². The molecule has 2 aromatic rings. The van der Waals surface area contributed by atoms with Crippen LogP contribution in [0.25, 0.3) is 10.8 Å². The molecular formula is C15H19NO2. The van der Waals surface area contributed by atoms with E-state index in [4.69, 9.17) is 4.74 Å². The molecule has 0 aliphatic heterocycles. The van der Waals surface area contributed by atoms with E-state index >= 15 is 0 Å². The third-order valence-corrected chi connectivity index (χ3v) is 2.75. The number of pyridine rings is 1. The Morgan fingerprint density at radius 3 is 2.78 bits per heavy atom. The van der Waals surface area contributed by atoms with Crippen molar-refractivity contribution in [2.24, 2.45) is 0 Å². The summed E-state index contributed by atoms with van der Waals surface area (Å²) in [5.74, 6) is 0. The Morgan fingerprint density at radius 1 is 1.28 bits per heavy atom. The van der Waals surface area contributed by atoms with Crippen LogP contribution in [0.5, 0.6) is 0 Å². The Hall–Kier alpha value is -1.45. The molecular weight excluding hydrogens is 226 g/mol. The first-order valence-electron chi connectivity index (χ1n) is 6.12. The van der Waals surface area contributed by atoms with Crippen molar-refractivity contribution in [3.05, 3.63) is 42.2 Å². The molecule has 0 radical (unpaired) electrons. The summed E-state index contributed by atoms with van der Waals surface area (Å²) < 4.78 is 5.62. The van der Waals surface area contributed by atoms with Crippen molar-refractivity contribution in [2.45, 2.75) is 32.5 Å². The molecule has 1 heterocycles. The van der Waals surface area contributed by atoms with Crippen molar-refractivity contribution in [1.29, 1.82) is 0 Å². The quantitative estimate of drug-likeness (QED) is 0.903.